The van der Waals surface area contributed by atoms with Gasteiger partial charge in [-0.1, -0.05) is 42.0 Å². The molecule has 144 valence electrons. The number of hydrogen-bond acceptors (Lipinski definition) is 4. The maximum atomic E-state index is 12.8. The third-order valence-corrected chi connectivity index (χ3v) is 6.61. The van der Waals surface area contributed by atoms with Gasteiger partial charge >= 0.3 is 0 Å². The zero-order chi connectivity index (χ0) is 19.6. The summed E-state index contributed by atoms with van der Waals surface area (Å²) >= 11 is 0. The quantitative estimate of drug-likeness (QED) is 0.697. The number of para-hydroxylation sites is 1. The topological polar surface area (TPSA) is 62.3 Å². The molecule has 1 aromatic heterocycles. The molecule has 2 aromatic carbocycles. The number of hydrogen-bond donors (Lipinski definition) is 1. The maximum absolute atomic E-state index is 12.8. The van der Waals surface area contributed by atoms with Crippen molar-refractivity contribution in [2.75, 3.05) is 18.0 Å². The first kappa shape index (κ1) is 18.7. The lowest BCUT2D eigenvalue weighted by Crippen LogP contribution is -2.37. The number of nitrogens with one attached hydrogen (secondary N) is 1. The summed E-state index contributed by atoms with van der Waals surface area (Å²) in [6.07, 6.45) is 4.50. The zero-order valence-electron chi connectivity index (χ0n) is 15.7. The highest BCUT2D eigenvalue weighted by Gasteiger charge is 2.28. The number of rotatable bonds is 6. The van der Waals surface area contributed by atoms with E-state index in [1.165, 1.54) is 5.56 Å². The van der Waals surface area contributed by atoms with E-state index in [0.29, 0.717) is 0 Å². The van der Waals surface area contributed by atoms with E-state index >= 15 is 0 Å². The Bertz CT molecular complexity index is 1050. The van der Waals surface area contributed by atoms with E-state index in [1.54, 1.807) is 18.3 Å². The molecular weight excluding hydrogens is 370 g/mol. The zero-order valence-corrected chi connectivity index (χ0v) is 16.6. The van der Waals surface area contributed by atoms with Gasteiger partial charge in [0.25, 0.3) is 0 Å². The van der Waals surface area contributed by atoms with Crippen molar-refractivity contribution in [3.8, 4) is 0 Å². The normalized spacial score (nSPS) is 14.7. The van der Waals surface area contributed by atoms with E-state index in [2.05, 4.69) is 26.7 Å². The first-order valence-corrected chi connectivity index (χ1v) is 10.8. The van der Waals surface area contributed by atoms with Gasteiger partial charge in [-0.05, 0) is 48.7 Å². The molecule has 0 saturated carbocycles. The highest BCUT2D eigenvalue weighted by molar-refractivity contribution is 7.89. The highest BCUT2D eigenvalue weighted by Crippen LogP contribution is 2.34. The highest BCUT2D eigenvalue weighted by atomic mass is 32.2. The lowest BCUT2D eigenvalue weighted by molar-refractivity contribution is 0.562. The Morgan fingerprint density at radius 1 is 1.07 bits per heavy atom. The largest absolute Gasteiger partial charge is 0.363 e. The van der Waals surface area contributed by atoms with E-state index < -0.39 is 10.0 Å². The summed E-state index contributed by atoms with van der Waals surface area (Å²) in [6.45, 7) is 3.06. The van der Waals surface area contributed by atoms with Gasteiger partial charge in [0.15, 0.2) is 0 Å². The monoisotopic (exact) mass is 393 g/mol. The van der Waals surface area contributed by atoms with E-state index in [-0.39, 0.29) is 17.5 Å². The van der Waals surface area contributed by atoms with Crippen molar-refractivity contribution < 1.29 is 8.42 Å². The van der Waals surface area contributed by atoms with Crippen LogP contribution in [0.25, 0.3) is 0 Å². The first-order valence-electron chi connectivity index (χ1n) is 9.35. The van der Waals surface area contributed by atoms with E-state index in [4.69, 9.17) is 0 Å². The molecule has 0 bridgehead atoms. The van der Waals surface area contributed by atoms with Crippen molar-refractivity contribution in [3.05, 3.63) is 89.7 Å². The van der Waals surface area contributed by atoms with Gasteiger partial charge in [0, 0.05) is 31.2 Å². The van der Waals surface area contributed by atoms with Crippen LogP contribution in [0.2, 0.25) is 0 Å². The second-order valence-electron chi connectivity index (χ2n) is 7.04. The second kappa shape index (κ2) is 7.73. The lowest BCUT2D eigenvalue weighted by Gasteiger charge is -2.31. The fourth-order valence-corrected chi connectivity index (χ4v) is 4.70. The van der Waals surface area contributed by atoms with Gasteiger partial charge in [0.2, 0.25) is 10.0 Å². The van der Waals surface area contributed by atoms with Crippen molar-refractivity contribution in [2.24, 2.45) is 0 Å². The van der Waals surface area contributed by atoms with Crippen LogP contribution >= 0.6 is 0 Å². The molecule has 1 atom stereocenters. The Balaban J connectivity index is 1.61. The van der Waals surface area contributed by atoms with Crippen molar-refractivity contribution in [1.29, 1.82) is 0 Å². The Morgan fingerprint density at radius 2 is 1.86 bits per heavy atom. The van der Waals surface area contributed by atoms with Crippen molar-refractivity contribution in [1.82, 2.24) is 9.71 Å². The summed E-state index contributed by atoms with van der Waals surface area (Å²) in [5.74, 6) is 0. The molecular formula is C22H23N3O2S. The summed E-state index contributed by atoms with van der Waals surface area (Å²) in [6, 6.07) is 19.0. The Morgan fingerprint density at radius 3 is 2.61 bits per heavy atom. The summed E-state index contributed by atoms with van der Waals surface area (Å²) in [7, 11) is -3.58. The van der Waals surface area contributed by atoms with Crippen LogP contribution in [0.3, 0.4) is 0 Å². The Hall–Kier alpha value is -2.70. The van der Waals surface area contributed by atoms with Crippen LogP contribution in [0.15, 0.2) is 78.0 Å². The molecule has 0 amide bonds. The summed E-state index contributed by atoms with van der Waals surface area (Å²) in [5, 5.41) is 0. The molecule has 0 aliphatic carbocycles. The number of anilines is 1. The molecule has 6 heteroatoms. The van der Waals surface area contributed by atoms with Crippen LogP contribution in [0, 0.1) is 6.92 Å². The molecule has 2 heterocycles. The number of aryl methyl sites for hydroxylation is 1. The van der Waals surface area contributed by atoms with Crippen molar-refractivity contribution >= 4 is 15.7 Å². The van der Waals surface area contributed by atoms with Crippen LogP contribution in [0.5, 0.6) is 0 Å². The smallest absolute Gasteiger partial charge is 0.240 e. The van der Waals surface area contributed by atoms with Crippen LogP contribution in [0.4, 0.5) is 5.69 Å². The minimum atomic E-state index is -3.58. The number of fused-ring (bicyclic) bond motifs is 1. The third-order valence-electron chi connectivity index (χ3n) is 5.17. The van der Waals surface area contributed by atoms with Gasteiger partial charge in [0.1, 0.15) is 0 Å². The SMILES string of the molecule is Cc1ccc(S(=O)(=O)NC[C@@H](c2cccnc2)N2CCc3ccccc32)cc1. The molecule has 1 N–H and O–H groups in total. The van der Waals surface area contributed by atoms with Gasteiger partial charge in [-0.2, -0.15) is 0 Å². The minimum absolute atomic E-state index is 0.127. The fraction of sp³-hybridized carbons (Fsp3) is 0.227. The number of nitrogens with zero attached hydrogens (tertiary/aromatic N) is 2. The van der Waals surface area contributed by atoms with Crippen LogP contribution < -0.4 is 9.62 Å². The Kier molecular flexibility index (Phi) is 5.15. The first-order chi connectivity index (χ1) is 13.5. The molecule has 0 spiro atoms. The molecule has 1 aliphatic heterocycles. The summed E-state index contributed by atoms with van der Waals surface area (Å²) in [4.78, 5) is 6.79. The standard InChI is InChI=1S/C22H23N3O2S/c1-17-8-10-20(11-9-17)28(26,27)24-16-22(19-6-4-13-23-15-19)25-14-12-18-5-2-3-7-21(18)25/h2-11,13,15,22,24H,12,14,16H2,1H3/t22-/m0/s1. The van der Waals surface area contributed by atoms with Gasteiger partial charge in [-0.15, -0.1) is 0 Å². The summed E-state index contributed by atoms with van der Waals surface area (Å²) in [5.41, 5.74) is 4.47. The van der Waals surface area contributed by atoms with Crippen LogP contribution in [-0.4, -0.2) is 26.5 Å². The number of pyridine rings is 1. The molecule has 0 radical (unpaired) electrons. The molecule has 4 rings (SSSR count). The number of sulfonamides is 1. The maximum Gasteiger partial charge on any atom is 0.240 e. The van der Waals surface area contributed by atoms with Crippen molar-refractivity contribution in [2.45, 2.75) is 24.3 Å². The molecule has 0 saturated heterocycles. The molecule has 0 unspecified atom stereocenters. The van der Waals surface area contributed by atoms with Crippen molar-refractivity contribution in [3.63, 3.8) is 0 Å². The van der Waals surface area contributed by atoms with E-state index in [9.17, 15) is 8.42 Å². The average molecular weight is 394 g/mol. The van der Waals surface area contributed by atoms with E-state index in [0.717, 1.165) is 29.8 Å². The minimum Gasteiger partial charge on any atom is -0.363 e. The molecule has 5 nitrogen and oxygen atoms in total. The number of aromatic nitrogens is 1. The van der Waals surface area contributed by atoms with Gasteiger partial charge < -0.3 is 4.90 Å². The second-order valence-corrected chi connectivity index (χ2v) is 8.81. The van der Waals surface area contributed by atoms with Crippen LogP contribution in [0.1, 0.15) is 22.7 Å². The molecule has 28 heavy (non-hydrogen) atoms. The van der Waals surface area contributed by atoms with E-state index in [1.807, 2.05) is 49.5 Å². The molecule has 3 aromatic rings. The fourth-order valence-electron chi connectivity index (χ4n) is 3.66. The molecule has 1 aliphatic rings. The predicted molar refractivity (Wildman–Crippen MR) is 111 cm³/mol. The molecule has 0 fully saturated rings. The number of benzene rings is 2. The van der Waals surface area contributed by atoms with Crippen LogP contribution in [-0.2, 0) is 16.4 Å². The van der Waals surface area contributed by atoms with Gasteiger partial charge in [-0.25, -0.2) is 13.1 Å². The lowest BCUT2D eigenvalue weighted by atomic mass is 10.1. The van der Waals surface area contributed by atoms with Gasteiger partial charge in [0.05, 0.1) is 10.9 Å². The average Bonchev–Trinajstić information content (AvgIpc) is 3.13. The third kappa shape index (κ3) is 3.79. The predicted octanol–water partition coefficient (Wildman–Crippen LogP) is 3.47. The Labute approximate surface area is 166 Å². The summed E-state index contributed by atoms with van der Waals surface area (Å²) < 4.78 is 28.4. The van der Waals surface area contributed by atoms with Gasteiger partial charge in [-0.3, -0.25) is 4.98 Å².